The molecule has 1 aliphatic rings. The Kier molecular flexibility index (Phi) is 7.88. The summed E-state index contributed by atoms with van der Waals surface area (Å²) in [5.41, 5.74) is 2.92. The van der Waals surface area contributed by atoms with Crippen molar-refractivity contribution in [2.75, 3.05) is 7.11 Å². The first-order valence-electron chi connectivity index (χ1n) is 12.7. The van der Waals surface area contributed by atoms with Crippen LogP contribution in [0.3, 0.4) is 0 Å². The van der Waals surface area contributed by atoms with Gasteiger partial charge in [-0.1, -0.05) is 45.0 Å². The van der Waals surface area contributed by atoms with Crippen molar-refractivity contribution >= 4 is 5.97 Å². The number of methoxy groups -OCH3 is 1. The minimum Gasteiger partial charge on any atom is -0.497 e. The van der Waals surface area contributed by atoms with Gasteiger partial charge in [0.05, 0.1) is 19.6 Å². The van der Waals surface area contributed by atoms with Gasteiger partial charge < -0.3 is 19.7 Å². The Bertz CT molecular complexity index is 1260. The van der Waals surface area contributed by atoms with Crippen LogP contribution in [0.15, 0.2) is 60.7 Å². The van der Waals surface area contributed by atoms with Crippen molar-refractivity contribution in [2.45, 2.75) is 58.7 Å². The van der Waals surface area contributed by atoms with Crippen molar-refractivity contribution in [3.05, 3.63) is 83.2 Å². The van der Waals surface area contributed by atoms with E-state index in [1.807, 2.05) is 63.2 Å². The number of ether oxygens (including phenoxy) is 2. The van der Waals surface area contributed by atoms with E-state index in [0.29, 0.717) is 34.1 Å². The van der Waals surface area contributed by atoms with Gasteiger partial charge in [0, 0.05) is 5.56 Å². The Morgan fingerprint density at radius 1 is 1.03 bits per heavy atom. The summed E-state index contributed by atoms with van der Waals surface area (Å²) in [5.74, 6) is 0.418. The standard InChI is InChI=1S/C31H35FO5/c1-31(2,3)30(35)27-14-19(8-12-24(27)26-16-22(36-4)11-13-28(26)32)18-37-23-7-5-6-21(15-23)25(17-29(33)34)20-9-10-20/h5-8,11-16,20,25,30,35H,9-10,17-18H2,1-4H3,(H,33,34)/t25-,30?/m0/s1. The van der Waals surface area contributed by atoms with Gasteiger partial charge in [-0.05, 0) is 88.7 Å². The lowest BCUT2D eigenvalue weighted by Gasteiger charge is -2.28. The highest BCUT2D eigenvalue weighted by Crippen LogP contribution is 2.45. The molecule has 0 heterocycles. The number of carboxylic acids is 1. The predicted molar refractivity (Wildman–Crippen MR) is 141 cm³/mol. The fourth-order valence-corrected chi connectivity index (χ4v) is 4.72. The molecular formula is C31H35FO5. The highest BCUT2D eigenvalue weighted by Gasteiger charge is 2.34. The Morgan fingerprint density at radius 3 is 2.43 bits per heavy atom. The number of hydrogen-bond donors (Lipinski definition) is 2. The van der Waals surface area contributed by atoms with Crippen LogP contribution in [0.4, 0.5) is 4.39 Å². The van der Waals surface area contributed by atoms with Gasteiger partial charge >= 0.3 is 5.97 Å². The third-order valence-corrected chi connectivity index (χ3v) is 6.97. The van der Waals surface area contributed by atoms with Crippen LogP contribution < -0.4 is 9.47 Å². The molecule has 0 aliphatic heterocycles. The fraction of sp³-hybridized carbons (Fsp3) is 0.387. The van der Waals surface area contributed by atoms with Crippen LogP contribution in [0.2, 0.25) is 0 Å². The van der Waals surface area contributed by atoms with Crippen molar-refractivity contribution in [1.29, 1.82) is 0 Å². The van der Waals surface area contributed by atoms with Crippen LogP contribution in [0, 0.1) is 17.2 Å². The summed E-state index contributed by atoms with van der Waals surface area (Å²) in [6, 6.07) is 17.8. The summed E-state index contributed by atoms with van der Waals surface area (Å²) >= 11 is 0. The molecule has 1 aliphatic carbocycles. The molecule has 1 fully saturated rings. The summed E-state index contributed by atoms with van der Waals surface area (Å²) in [6.07, 6.45) is 1.39. The molecule has 3 aromatic carbocycles. The number of aliphatic hydroxyl groups excluding tert-OH is 1. The molecular weight excluding hydrogens is 471 g/mol. The third-order valence-electron chi connectivity index (χ3n) is 6.97. The van der Waals surface area contributed by atoms with E-state index in [-0.39, 0.29) is 18.9 Å². The molecule has 0 aromatic heterocycles. The number of halogens is 1. The number of aliphatic carboxylic acids is 1. The number of benzene rings is 3. The van der Waals surface area contributed by atoms with E-state index >= 15 is 0 Å². The van der Waals surface area contributed by atoms with E-state index < -0.39 is 23.3 Å². The van der Waals surface area contributed by atoms with Crippen LogP contribution >= 0.6 is 0 Å². The third kappa shape index (κ3) is 6.50. The zero-order chi connectivity index (χ0) is 26.7. The van der Waals surface area contributed by atoms with E-state index in [1.54, 1.807) is 12.1 Å². The van der Waals surface area contributed by atoms with Gasteiger partial charge in [-0.25, -0.2) is 4.39 Å². The van der Waals surface area contributed by atoms with Gasteiger partial charge in [0.25, 0.3) is 0 Å². The van der Waals surface area contributed by atoms with E-state index in [0.717, 1.165) is 24.0 Å². The first-order valence-corrected chi connectivity index (χ1v) is 12.7. The number of carboxylic acid groups (broad SMARTS) is 1. The van der Waals surface area contributed by atoms with Gasteiger partial charge in [-0.15, -0.1) is 0 Å². The van der Waals surface area contributed by atoms with Gasteiger partial charge in [-0.3, -0.25) is 4.79 Å². The molecule has 3 aromatic rings. The van der Waals surface area contributed by atoms with Crippen molar-refractivity contribution in [3.63, 3.8) is 0 Å². The second-order valence-electron chi connectivity index (χ2n) is 10.9. The van der Waals surface area contributed by atoms with Crippen LogP contribution in [-0.4, -0.2) is 23.3 Å². The molecule has 196 valence electrons. The Hall–Kier alpha value is -3.38. The van der Waals surface area contributed by atoms with Crippen LogP contribution in [0.1, 0.15) is 68.7 Å². The number of carbonyl (C=O) groups is 1. The van der Waals surface area contributed by atoms with Crippen molar-refractivity contribution in [1.82, 2.24) is 0 Å². The van der Waals surface area contributed by atoms with E-state index in [9.17, 15) is 19.4 Å². The second-order valence-corrected chi connectivity index (χ2v) is 10.9. The highest BCUT2D eigenvalue weighted by molar-refractivity contribution is 5.70. The quantitative estimate of drug-likeness (QED) is 0.306. The summed E-state index contributed by atoms with van der Waals surface area (Å²) in [4.78, 5) is 11.4. The zero-order valence-electron chi connectivity index (χ0n) is 21.8. The average molecular weight is 507 g/mol. The first kappa shape index (κ1) is 26.7. The van der Waals surface area contributed by atoms with Gasteiger partial charge in [0.2, 0.25) is 0 Å². The Morgan fingerprint density at radius 2 is 1.78 bits per heavy atom. The lowest BCUT2D eigenvalue weighted by molar-refractivity contribution is -0.137. The average Bonchev–Trinajstić information content (AvgIpc) is 3.71. The predicted octanol–water partition coefficient (Wildman–Crippen LogP) is 7.13. The largest absolute Gasteiger partial charge is 0.497 e. The van der Waals surface area contributed by atoms with Gasteiger partial charge in [-0.2, -0.15) is 0 Å². The minimum absolute atomic E-state index is 0.00775. The summed E-state index contributed by atoms with van der Waals surface area (Å²) in [6.45, 7) is 6.06. The van der Waals surface area contributed by atoms with E-state index in [4.69, 9.17) is 9.47 Å². The van der Waals surface area contributed by atoms with Crippen molar-refractivity contribution in [2.24, 2.45) is 11.3 Å². The SMILES string of the molecule is COc1ccc(F)c(-c2ccc(COc3cccc([C@@H](CC(=O)O)C4CC4)c3)cc2C(O)C(C)(C)C)c1. The molecule has 0 radical (unpaired) electrons. The maximum absolute atomic E-state index is 14.8. The van der Waals surface area contributed by atoms with Crippen molar-refractivity contribution < 1.29 is 28.9 Å². The van der Waals surface area contributed by atoms with E-state index in [1.165, 1.54) is 13.2 Å². The molecule has 1 saturated carbocycles. The maximum Gasteiger partial charge on any atom is 0.303 e. The second kappa shape index (κ2) is 10.9. The summed E-state index contributed by atoms with van der Waals surface area (Å²) in [7, 11) is 1.53. The molecule has 37 heavy (non-hydrogen) atoms. The number of rotatable bonds is 10. The molecule has 0 amide bonds. The lowest BCUT2D eigenvalue weighted by atomic mass is 9.81. The maximum atomic E-state index is 14.8. The van der Waals surface area contributed by atoms with Crippen LogP contribution in [-0.2, 0) is 11.4 Å². The monoisotopic (exact) mass is 506 g/mol. The smallest absolute Gasteiger partial charge is 0.303 e. The Balaban J connectivity index is 1.61. The summed E-state index contributed by atoms with van der Waals surface area (Å²) < 4.78 is 26.2. The molecule has 0 bridgehead atoms. The molecule has 5 nitrogen and oxygen atoms in total. The number of aliphatic hydroxyl groups is 1. The van der Waals surface area contributed by atoms with Crippen molar-refractivity contribution in [3.8, 4) is 22.6 Å². The number of hydrogen-bond acceptors (Lipinski definition) is 4. The first-order chi connectivity index (χ1) is 17.6. The lowest BCUT2D eigenvalue weighted by Crippen LogP contribution is -2.19. The van der Waals surface area contributed by atoms with Gasteiger partial charge in [0.1, 0.15) is 23.9 Å². The normalized spacial score (nSPS) is 15.2. The Labute approximate surface area is 217 Å². The molecule has 4 rings (SSSR count). The van der Waals surface area contributed by atoms with Gasteiger partial charge in [0.15, 0.2) is 0 Å². The molecule has 6 heteroatoms. The molecule has 2 N–H and O–H groups in total. The molecule has 0 spiro atoms. The highest BCUT2D eigenvalue weighted by atomic mass is 19.1. The topological polar surface area (TPSA) is 76.0 Å². The van der Waals surface area contributed by atoms with E-state index in [2.05, 4.69) is 0 Å². The zero-order valence-corrected chi connectivity index (χ0v) is 21.8. The molecule has 1 unspecified atom stereocenters. The fourth-order valence-electron chi connectivity index (χ4n) is 4.72. The minimum atomic E-state index is -0.841. The molecule has 2 atom stereocenters. The summed E-state index contributed by atoms with van der Waals surface area (Å²) in [5, 5.41) is 20.6. The van der Waals surface area contributed by atoms with Crippen LogP contribution in [0.5, 0.6) is 11.5 Å². The van der Waals surface area contributed by atoms with Crippen LogP contribution in [0.25, 0.3) is 11.1 Å². The molecule has 0 saturated heterocycles.